The lowest BCUT2D eigenvalue weighted by Crippen LogP contribution is -2.56. The maximum atomic E-state index is 12.3. The summed E-state index contributed by atoms with van der Waals surface area (Å²) >= 11 is 1.52. The zero-order valence-electron chi connectivity index (χ0n) is 12.3. The minimum atomic E-state index is -1.00. The summed E-state index contributed by atoms with van der Waals surface area (Å²) < 4.78 is 0. The van der Waals surface area contributed by atoms with E-state index < -0.39 is 23.5 Å². The number of hydrogen-bond acceptors (Lipinski definition) is 4. The number of amides is 2. The molecule has 1 fully saturated rings. The summed E-state index contributed by atoms with van der Waals surface area (Å²) in [6, 6.07) is -1.53. The molecule has 0 spiro atoms. The number of nitrogens with one attached hydrogen (secondary N) is 1. The molecule has 2 N–H and O–H groups in total. The van der Waals surface area contributed by atoms with Crippen LogP contribution in [0.25, 0.3) is 0 Å². The number of carbonyl (C=O) groups excluding carboxylic acids is 2. The zero-order valence-corrected chi connectivity index (χ0v) is 13.1. The van der Waals surface area contributed by atoms with E-state index in [1.54, 1.807) is 27.7 Å². The van der Waals surface area contributed by atoms with Gasteiger partial charge in [-0.25, -0.2) is 4.79 Å². The largest absolute Gasteiger partial charge is 0.480 e. The smallest absolute Gasteiger partial charge is 0.327 e. The fraction of sp³-hybridized carbons (Fsp3) is 0.769. The molecule has 0 aromatic rings. The lowest BCUT2D eigenvalue weighted by Gasteiger charge is -2.35. The molecule has 1 rings (SSSR count). The highest BCUT2D eigenvalue weighted by atomic mass is 32.2. The van der Waals surface area contributed by atoms with Crippen molar-refractivity contribution >= 4 is 29.5 Å². The molecule has 20 heavy (non-hydrogen) atoms. The molecule has 114 valence electrons. The maximum absolute atomic E-state index is 12.3. The highest BCUT2D eigenvalue weighted by Gasteiger charge is 2.35. The van der Waals surface area contributed by atoms with Crippen LogP contribution < -0.4 is 5.32 Å². The van der Waals surface area contributed by atoms with Crippen LogP contribution in [0.5, 0.6) is 0 Å². The van der Waals surface area contributed by atoms with Gasteiger partial charge in [-0.15, -0.1) is 0 Å². The van der Waals surface area contributed by atoms with Crippen molar-refractivity contribution in [2.75, 3.05) is 18.1 Å². The molecule has 0 aromatic heterocycles. The molecular formula is C13H22N2O4S. The van der Waals surface area contributed by atoms with Gasteiger partial charge >= 0.3 is 5.97 Å². The Morgan fingerprint density at radius 3 is 2.45 bits per heavy atom. The van der Waals surface area contributed by atoms with Gasteiger partial charge in [0.05, 0.1) is 0 Å². The second kappa shape index (κ2) is 6.47. The van der Waals surface area contributed by atoms with E-state index >= 15 is 0 Å². The first kappa shape index (κ1) is 16.8. The second-order valence-corrected chi connectivity index (χ2v) is 7.06. The van der Waals surface area contributed by atoms with Crippen molar-refractivity contribution in [1.29, 1.82) is 0 Å². The van der Waals surface area contributed by atoms with Gasteiger partial charge in [0.15, 0.2) is 0 Å². The first-order valence-corrected chi connectivity index (χ1v) is 7.72. The van der Waals surface area contributed by atoms with E-state index in [2.05, 4.69) is 5.32 Å². The van der Waals surface area contributed by atoms with Crippen LogP contribution in [0, 0.1) is 5.41 Å². The van der Waals surface area contributed by atoms with Gasteiger partial charge in [0.1, 0.15) is 12.1 Å². The quantitative estimate of drug-likeness (QED) is 0.796. The fourth-order valence-corrected chi connectivity index (χ4v) is 2.83. The Kier molecular flexibility index (Phi) is 5.44. The average molecular weight is 302 g/mol. The molecule has 0 bridgehead atoms. The summed E-state index contributed by atoms with van der Waals surface area (Å²) in [7, 11) is 0. The van der Waals surface area contributed by atoms with Crippen molar-refractivity contribution in [3.8, 4) is 0 Å². The Labute approximate surface area is 123 Å². The van der Waals surface area contributed by atoms with Crippen LogP contribution in [0.1, 0.15) is 27.7 Å². The minimum Gasteiger partial charge on any atom is -0.480 e. The summed E-state index contributed by atoms with van der Waals surface area (Å²) in [6.45, 7) is 7.27. The normalized spacial score (nSPS) is 21.2. The van der Waals surface area contributed by atoms with E-state index in [4.69, 9.17) is 5.11 Å². The molecule has 0 aliphatic carbocycles. The Bertz CT molecular complexity index is 406. The second-order valence-electron chi connectivity index (χ2n) is 5.91. The van der Waals surface area contributed by atoms with E-state index in [0.29, 0.717) is 12.3 Å². The molecule has 1 aliphatic heterocycles. The van der Waals surface area contributed by atoms with Gasteiger partial charge in [0.2, 0.25) is 11.8 Å². The minimum absolute atomic E-state index is 0.225. The Morgan fingerprint density at radius 2 is 1.95 bits per heavy atom. The monoisotopic (exact) mass is 302 g/mol. The standard InChI is InChI=1S/C13H22N2O4S/c1-8(14-12(19)13(2,3)4)10(16)15-5-6-20-7-9(15)11(17)18/h8-9H,5-7H2,1-4H3,(H,14,19)(H,17,18). The van der Waals surface area contributed by atoms with E-state index in [0.717, 1.165) is 5.75 Å². The number of aliphatic carboxylic acids is 1. The van der Waals surface area contributed by atoms with Crippen LogP contribution in [0.3, 0.4) is 0 Å². The third-order valence-electron chi connectivity index (χ3n) is 3.10. The summed E-state index contributed by atoms with van der Waals surface area (Å²) in [6.07, 6.45) is 0. The summed E-state index contributed by atoms with van der Waals surface area (Å²) in [5.74, 6) is -0.456. The van der Waals surface area contributed by atoms with Gasteiger partial charge < -0.3 is 15.3 Å². The van der Waals surface area contributed by atoms with Crippen LogP contribution in [0.4, 0.5) is 0 Å². The van der Waals surface area contributed by atoms with Gasteiger partial charge in [-0.05, 0) is 6.92 Å². The molecule has 6 nitrogen and oxygen atoms in total. The molecule has 7 heteroatoms. The van der Waals surface area contributed by atoms with Crippen molar-refractivity contribution in [3.63, 3.8) is 0 Å². The van der Waals surface area contributed by atoms with Crippen LogP contribution in [0.15, 0.2) is 0 Å². The number of rotatable bonds is 3. The number of nitrogens with zero attached hydrogens (tertiary/aromatic N) is 1. The van der Waals surface area contributed by atoms with Crippen molar-refractivity contribution < 1.29 is 19.5 Å². The topological polar surface area (TPSA) is 86.7 Å². The zero-order chi connectivity index (χ0) is 15.5. The van der Waals surface area contributed by atoms with Crippen LogP contribution >= 0.6 is 11.8 Å². The molecule has 0 aromatic carbocycles. The lowest BCUT2D eigenvalue weighted by molar-refractivity contribution is -0.150. The number of carboxylic acids is 1. The average Bonchev–Trinajstić information content (AvgIpc) is 2.36. The summed E-state index contributed by atoms with van der Waals surface area (Å²) in [5, 5.41) is 11.8. The van der Waals surface area contributed by atoms with Crippen molar-refractivity contribution in [1.82, 2.24) is 10.2 Å². The van der Waals surface area contributed by atoms with E-state index in [1.807, 2.05) is 0 Å². The Balaban J connectivity index is 2.72. The number of carbonyl (C=O) groups is 3. The molecule has 2 atom stereocenters. The maximum Gasteiger partial charge on any atom is 0.327 e. The van der Waals surface area contributed by atoms with Gasteiger partial charge in [-0.2, -0.15) is 11.8 Å². The number of carboxylic acid groups (broad SMARTS) is 1. The van der Waals surface area contributed by atoms with E-state index in [9.17, 15) is 14.4 Å². The highest BCUT2D eigenvalue weighted by Crippen LogP contribution is 2.18. The molecular weight excluding hydrogens is 280 g/mol. The van der Waals surface area contributed by atoms with Gasteiger partial charge in [-0.1, -0.05) is 20.8 Å². The molecule has 0 radical (unpaired) electrons. The van der Waals surface area contributed by atoms with Crippen molar-refractivity contribution in [2.45, 2.75) is 39.8 Å². The van der Waals surface area contributed by atoms with E-state index in [-0.39, 0.29) is 11.8 Å². The summed E-state index contributed by atoms with van der Waals surface area (Å²) in [5.41, 5.74) is -0.585. The lowest BCUT2D eigenvalue weighted by atomic mass is 9.95. The number of thioether (sulfide) groups is 1. The molecule has 1 heterocycles. The SMILES string of the molecule is CC(NC(=O)C(C)(C)C)C(=O)N1CCSCC1C(=O)O. The van der Waals surface area contributed by atoms with Crippen LogP contribution in [-0.2, 0) is 14.4 Å². The van der Waals surface area contributed by atoms with Crippen molar-refractivity contribution in [2.24, 2.45) is 5.41 Å². The number of hydrogen-bond donors (Lipinski definition) is 2. The van der Waals surface area contributed by atoms with Crippen LogP contribution in [-0.4, -0.2) is 57.9 Å². The van der Waals surface area contributed by atoms with Crippen LogP contribution in [0.2, 0.25) is 0 Å². The third kappa shape index (κ3) is 4.13. The highest BCUT2D eigenvalue weighted by molar-refractivity contribution is 7.99. The van der Waals surface area contributed by atoms with Crippen molar-refractivity contribution in [3.05, 3.63) is 0 Å². The van der Waals surface area contributed by atoms with Gasteiger partial charge in [0, 0.05) is 23.5 Å². The summed E-state index contributed by atoms with van der Waals surface area (Å²) in [4.78, 5) is 36.7. The molecule has 2 amide bonds. The predicted molar refractivity (Wildman–Crippen MR) is 77.5 cm³/mol. The Hall–Kier alpha value is -1.24. The first-order chi connectivity index (χ1) is 9.14. The van der Waals surface area contributed by atoms with Gasteiger partial charge in [-0.3, -0.25) is 9.59 Å². The first-order valence-electron chi connectivity index (χ1n) is 6.56. The molecule has 2 unspecified atom stereocenters. The predicted octanol–water partition coefficient (Wildman–Crippen LogP) is 0.566. The molecule has 1 saturated heterocycles. The Morgan fingerprint density at radius 1 is 1.35 bits per heavy atom. The van der Waals surface area contributed by atoms with Gasteiger partial charge in [0.25, 0.3) is 0 Å². The molecule has 1 aliphatic rings. The fourth-order valence-electron chi connectivity index (χ4n) is 1.80. The third-order valence-corrected chi connectivity index (χ3v) is 4.12. The van der Waals surface area contributed by atoms with E-state index in [1.165, 1.54) is 16.7 Å². The molecule has 0 saturated carbocycles.